The molecule has 0 aromatic heterocycles. The highest BCUT2D eigenvalue weighted by Gasteiger charge is 2.48. The van der Waals surface area contributed by atoms with Gasteiger partial charge in [0.05, 0.1) is 0 Å². The summed E-state index contributed by atoms with van der Waals surface area (Å²) in [4.78, 5) is 11.9. The van der Waals surface area contributed by atoms with Crippen LogP contribution in [0, 0.1) is 5.41 Å². The van der Waals surface area contributed by atoms with Crippen molar-refractivity contribution in [3.63, 3.8) is 0 Å². The van der Waals surface area contributed by atoms with Gasteiger partial charge in [-0.3, -0.25) is 4.79 Å². The topological polar surface area (TPSA) is 43.1 Å². The van der Waals surface area contributed by atoms with Gasteiger partial charge in [-0.05, 0) is 12.8 Å². The maximum absolute atomic E-state index is 11.9. The minimum atomic E-state index is -0.207. The van der Waals surface area contributed by atoms with Crippen LogP contribution in [0.15, 0.2) is 30.3 Å². The fourth-order valence-corrected chi connectivity index (χ4v) is 1.57. The highest BCUT2D eigenvalue weighted by Crippen LogP contribution is 2.47. The van der Waals surface area contributed by atoms with Crippen LogP contribution in [0.4, 0.5) is 0 Å². The minimum Gasteiger partial charge on any atom is -0.329 e. The molecule has 0 spiro atoms. The van der Waals surface area contributed by atoms with E-state index in [9.17, 15) is 4.79 Å². The van der Waals surface area contributed by atoms with Crippen LogP contribution in [-0.2, 0) is 0 Å². The van der Waals surface area contributed by atoms with E-state index in [1.807, 2.05) is 30.3 Å². The predicted molar refractivity (Wildman–Crippen MR) is 51.5 cm³/mol. The summed E-state index contributed by atoms with van der Waals surface area (Å²) in [6.45, 7) is 0.487. The average molecular weight is 175 g/mol. The summed E-state index contributed by atoms with van der Waals surface area (Å²) < 4.78 is 0. The third-order valence-electron chi connectivity index (χ3n) is 2.76. The Balaban J connectivity index is 2.24. The second-order valence-electron chi connectivity index (χ2n) is 3.68. The van der Waals surface area contributed by atoms with Crippen molar-refractivity contribution in [2.24, 2.45) is 11.1 Å². The molecule has 68 valence electrons. The molecule has 0 heterocycles. The van der Waals surface area contributed by atoms with E-state index in [1.165, 1.54) is 0 Å². The summed E-state index contributed by atoms with van der Waals surface area (Å²) in [6, 6.07) is 9.41. The van der Waals surface area contributed by atoms with Crippen molar-refractivity contribution < 1.29 is 4.79 Å². The van der Waals surface area contributed by atoms with Crippen molar-refractivity contribution in [2.45, 2.75) is 12.8 Å². The van der Waals surface area contributed by atoms with E-state index < -0.39 is 0 Å². The second kappa shape index (κ2) is 2.96. The Morgan fingerprint density at radius 2 is 1.92 bits per heavy atom. The molecule has 0 unspecified atom stereocenters. The van der Waals surface area contributed by atoms with Gasteiger partial charge in [0.2, 0.25) is 0 Å². The molecule has 0 aliphatic heterocycles. The number of ketones is 1. The molecule has 1 fully saturated rings. The average Bonchev–Trinajstić information content (AvgIpc) is 2.99. The molecule has 13 heavy (non-hydrogen) atoms. The summed E-state index contributed by atoms with van der Waals surface area (Å²) in [5, 5.41) is 0. The first-order valence-corrected chi connectivity index (χ1v) is 4.58. The van der Waals surface area contributed by atoms with E-state index in [0.29, 0.717) is 6.54 Å². The van der Waals surface area contributed by atoms with E-state index in [-0.39, 0.29) is 11.2 Å². The zero-order valence-electron chi connectivity index (χ0n) is 7.49. The number of nitrogens with two attached hydrogens (primary N) is 1. The largest absolute Gasteiger partial charge is 0.329 e. The van der Waals surface area contributed by atoms with Crippen LogP contribution in [0.2, 0.25) is 0 Å². The van der Waals surface area contributed by atoms with Gasteiger partial charge in [0.1, 0.15) is 0 Å². The molecular formula is C11H13NO. The Morgan fingerprint density at radius 1 is 1.31 bits per heavy atom. The van der Waals surface area contributed by atoms with Crippen molar-refractivity contribution in [2.75, 3.05) is 6.54 Å². The molecule has 0 saturated heterocycles. The Kier molecular flexibility index (Phi) is 1.93. The first kappa shape index (κ1) is 8.45. The maximum atomic E-state index is 11.9. The van der Waals surface area contributed by atoms with Crippen LogP contribution in [0.5, 0.6) is 0 Å². The highest BCUT2D eigenvalue weighted by molar-refractivity contribution is 6.02. The molecule has 1 aromatic carbocycles. The summed E-state index contributed by atoms with van der Waals surface area (Å²) >= 11 is 0. The number of benzene rings is 1. The molecule has 1 saturated carbocycles. The van der Waals surface area contributed by atoms with Crippen molar-refractivity contribution in [3.05, 3.63) is 35.9 Å². The number of carbonyl (C=O) groups is 1. The van der Waals surface area contributed by atoms with Crippen LogP contribution in [0.25, 0.3) is 0 Å². The zero-order valence-corrected chi connectivity index (χ0v) is 7.49. The number of Topliss-reactive ketones (excluding diaryl/α,β-unsaturated/α-hetero) is 1. The van der Waals surface area contributed by atoms with Gasteiger partial charge < -0.3 is 5.73 Å². The van der Waals surface area contributed by atoms with E-state index >= 15 is 0 Å². The van der Waals surface area contributed by atoms with E-state index in [2.05, 4.69) is 0 Å². The van der Waals surface area contributed by atoms with Crippen LogP contribution < -0.4 is 5.73 Å². The van der Waals surface area contributed by atoms with Gasteiger partial charge >= 0.3 is 0 Å². The van der Waals surface area contributed by atoms with E-state index in [1.54, 1.807) is 0 Å². The lowest BCUT2D eigenvalue weighted by Gasteiger charge is -2.09. The molecule has 0 amide bonds. The lowest BCUT2D eigenvalue weighted by molar-refractivity contribution is 0.0905. The number of carbonyl (C=O) groups excluding carboxylic acids is 1. The van der Waals surface area contributed by atoms with Crippen molar-refractivity contribution >= 4 is 5.78 Å². The van der Waals surface area contributed by atoms with Gasteiger partial charge in [-0.15, -0.1) is 0 Å². The summed E-state index contributed by atoms with van der Waals surface area (Å²) in [5.41, 5.74) is 6.18. The highest BCUT2D eigenvalue weighted by atomic mass is 16.1. The Hall–Kier alpha value is -1.15. The van der Waals surface area contributed by atoms with Gasteiger partial charge in [0.25, 0.3) is 0 Å². The molecule has 2 N–H and O–H groups in total. The Labute approximate surface area is 77.8 Å². The third-order valence-corrected chi connectivity index (χ3v) is 2.76. The lowest BCUT2D eigenvalue weighted by atomic mass is 9.95. The normalized spacial score (nSPS) is 18.2. The van der Waals surface area contributed by atoms with Crippen LogP contribution >= 0.6 is 0 Å². The summed E-state index contributed by atoms with van der Waals surface area (Å²) in [7, 11) is 0. The van der Waals surface area contributed by atoms with Crippen LogP contribution in [0.3, 0.4) is 0 Å². The van der Waals surface area contributed by atoms with Crippen molar-refractivity contribution in [1.29, 1.82) is 0 Å². The van der Waals surface area contributed by atoms with E-state index in [0.717, 1.165) is 18.4 Å². The number of hydrogen-bond donors (Lipinski definition) is 1. The third kappa shape index (κ3) is 1.38. The standard InChI is InChI=1S/C11H13NO/c12-8-11(6-7-11)10(13)9-4-2-1-3-5-9/h1-5H,6-8,12H2. The minimum absolute atomic E-state index is 0.207. The monoisotopic (exact) mass is 175 g/mol. The molecular weight excluding hydrogens is 162 g/mol. The van der Waals surface area contributed by atoms with Crippen molar-refractivity contribution in [1.82, 2.24) is 0 Å². The molecule has 1 aliphatic rings. The molecule has 1 aromatic rings. The maximum Gasteiger partial charge on any atom is 0.170 e. The Bertz CT molecular complexity index is 314. The van der Waals surface area contributed by atoms with E-state index in [4.69, 9.17) is 5.73 Å². The molecule has 0 atom stereocenters. The summed E-state index contributed by atoms with van der Waals surface area (Å²) in [5.74, 6) is 0.218. The second-order valence-corrected chi connectivity index (χ2v) is 3.68. The molecule has 2 rings (SSSR count). The first-order chi connectivity index (χ1) is 6.28. The quantitative estimate of drug-likeness (QED) is 0.709. The fourth-order valence-electron chi connectivity index (χ4n) is 1.57. The van der Waals surface area contributed by atoms with Crippen molar-refractivity contribution in [3.8, 4) is 0 Å². The SMILES string of the molecule is NCC1(C(=O)c2ccccc2)CC1. The molecule has 0 bridgehead atoms. The molecule has 0 radical (unpaired) electrons. The molecule has 2 heteroatoms. The molecule has 1 aliphatic carbocycles. The van der Waals surface area contributed by atoms with Crippen LogP contribution in [0.1, 0.15) is 23.2 Å². The number of hydrogen-bond acceptors (Lipinski definition) is 2. The van der Waals surface area contributed by atoms with Crippen LogP contribution in [-0.4, -0.2) is 12.3 Å². The van der Waals surface area contributed by atoms with Gasteiger partial charge in [0, 0.05) is 17.5 Å². The first-order valence-electron chi connectivity index (χ1n) is 4.58. The smallest absolute Gasteiger partial charge is 0.170 e. The summed E-state index contributed by atoms with van der Waals surface area (Å²) in [6.07, 6.45) is 1.91. The number of rotatable bonds is 3. The van der Waals surface area contributed by atoms with Gasteiger partial charge in [0.15, 0.2) is 5.78 Å². The zero-order chi connectivity index (χ0) is 9.31. The van der Waals surface area contributed by atoms with Gasteiger partial charge in [-0.25, -0.2) is 0 Å². The Morgan fingerprint density at radius 3 is 2.38 bits per heavy atom. The predicted octanol–water partition coefficient (Wildman–Crippen LogP) is 1.61. The molecule has 2 nitrogen and oxygen atoms in total. The van der Waals surface area contributed by atoms with Gasteiger partial charge in [-0.2, -0.15) is 0 Å². The fraction of sp³-hybridized carbons (Fsp3) is 0.364. The van der Waals surface area contributed by atoms with Gasteiger partial charge in [-0.1, -0.05) is 30.3 Å². The lowest BCUT2D eigenvalue weighted by Crippen LogP contribution is -2.25.